The zero-order valence-corrected chi connectivity index (χ0v) is 11.3. The number of nitrogens with one attached hydrogen (secondary N) is 1. The van der Waals surface area contributed by atoms with E-state index < -0.39 is 5.82 Å². The van der Waals surface area contributed by atoms with Gasteiger partial charge in [-0.3, -0.25) is 0 Å². The second-order valence-electron chi connectivity index (χ2n) is 3.40. The summed E-state index contributed by atoms with van der Waals surface area (Å²) < 4.78 is 14.2. The van der Waals surface area contributed by atoms with Crippen molar-refractivity contribution in [3.05, 3.63) is 51.3 Å². The minimum atomic E-state index is -0.426. The molecule has 0 aliphatic rings. The van der Waals surface area contributed by atoms with Crippen LogP contribution in [-0.2, 0) is 0 Å². The summed E-state index contributed by atoms with van der Waals surface area (Å²) in [5.41, 5.74) is 0.598. The van der Waals surface area contributed by atoms with Crippen molar-refractivity contribution in [1.82, 2.24) is 4.98 Å². The molecule has 0 saturated heterocycles. The van der Waals surface area contributed by atoms with Crippen molar-refractivity contribution >= 4 is 39.0 Å². The van der Waals surface area contributed by atoms with Gasteiger partial charge in [-0.1, -0.05) is 17.7 Å². The number of rotatable bonds is 2. The Hall–Kier alpha value is -1.64. The van der Waals surface area contributed by atoms with E-state index in [4.69, 9.17) is 16.9 Å². The Morgan fingerprint density at radius 2 is 2.17 bits per heavy atom. The molecule has 90 valence electrons. The zero-order chi connectivity index (χ0) is 13.1. The first-order valence-electron chi connectivity index (χ1n) is 4.89. The summed E-state index contributed by atoms with van der Waals surface area (Å²) in [5, 5.41) is 11.8. The monoisotopic (exact) mass is 325 g/mol. The lowest BCUT2D eigenvalue weighted by molar-refractivity contribution is 0.631. The summed E-state index contributed by atoms with van der Waals surface area (Å²) in [6.07, 6.45) is 0. The molecule has 0 atom stereocenters. The predicted molar refractivity (Wildman–Crippen MR) is 71.3 cm³/mol. The lowest BCUT2D eigenvalue weighted by atomic mass is 10.2. The number of nitriles is 1. The molecular formula is C12H6BrClFN3. The first-order chi connectivity index (χ1) is 8.60. The summed E-state index contributed by atoms with van der Waals surface area (Å²) in [4.78, 5) is 3.98. The lowest BCUT2D eigenvalue weighted by Gasteiger charge is -2.09. The minimum absolute atomic E-state index is 0.170. The van der Waals surface area contributed by atoms with E-state index in [0.29, 0.717) is 15.9 Å². The molecule has 0 bridgehead atoms. The number of para-hydroxylation sites is 1. The highest BCUT2D eigenvalue weighted by atomic mass is 79.9. The van der Waals surface area contributed by atoms with Crippen LogP contribution in [0.3, 0.4) is 0 Å². The number of aromatic nitrogens is 1. The fourth-order valence-electron chi connectivity index (χ4n) is 1.37. The van der Waals surface area contributed by atoms with Crippen molar-refractivity contribution in [2.75, 3.05) is 5.32 Å². The summed E-state index contributed by atoms with van der Waals surface area (Å²) in [7, 11) is 0. The number of hydrogen-bond donors (Lipinski definition) is 1. The fourth-order valence-corrected chi connectivity index (χ4v) is 2.02. The smallest absolute Gasteiger partial charge is 0.147 e. The van der Waals surface area contributed by atoms with Crippen molar-refractivity contribution in [1.29, 1.82) is 5.26 Å². The van der Waals surface area contributed by atoms with Gasteiger partial charge in [-0.05, 0) is 40.2 Å². The SMILES string of the molecule is N#Cc1cc(Cl)nc(Nc2c(F)cccc2Br)c1. The molecule has 0 saturated carbocycles. The quantitative estimate of drug-likeness (QED) is 0.839. The Morgan fingerprint density at radius 1 is 1.39 bits per heavy atom. The number of benzene rings is 1. The third kappa shape index (κ3) is 2.78. The molecule has 0 aliphatic carbocycles. The number of halogens is 3. The highest BCUT2D eigenvalue weighted by Gasteiger charge is 2.08. The van der Waals surface area contributed by atoms with Gasteiger partial charge < -0.3 is 5.32 Å². The van der Waals surface area contributed by atoms with Gasteiger partial charge in [0, 0.05) is 4.47 Å². The van der Waals surface area contributed by atoms with Crippen LogP contribution in [0.5, 0.6) is 0 Å². The Kier molecular flexibility index (Phi) is 3.80. The van der Waals surface area contributed by atoms with Crippen molar-refractivity contribution in [2.24, 2.45) is 0 Å². The maximum atomic E-state index is 13.6. The van der Waals surface area contributed by atoms with E-state index in [9.17, 15) is 4.39 Å². The van der Waals surface area contributed by atoms with Crippen molar-refractivity contribution < 1.29 is 4.39 Å². The third-order valence-electron chi connectivity index (χ3n) is 2.14. The fraction of sp³-hybridized carbons (Fsp3) is 0. The van der Waals surface area contributed by atoms with Gasteiger partial charge in [-0.2, -0.15) is 5.26 Å². The molecule has 1 N–H and O–H groups in total. The minimum Gasteiger partial charge on any atom is -0.337 e. The largest absolute Gasteiger partial charge is 0.337 e. The average molecular weight is 327 g/mol. The Balaban J connectivity index is 2.40. The average Bonchev–Trinajstić information content (AvgIpc) is 2.33. The van der Waals surface area contributed by atoms with Gasteiger partial charge in [0.2, 0.25) is 0 Å². The summed E-state index contributed by atoms with van der Waals surface area (Å²) in [6.45, 7) is 0. The van der Waals surface area contributed by atoms with Crippen LogP contribution < -0.4 is 5.32 Å². The van der Waals surface area contributed by atoms with Gasteiger partial charge in [0.1, 0.15) is 16.8 Å². The van der Waals surface area contributed by atoms with Gasteiger partial charge in [-0.15, -0.1) is 0 Å². The normalized spacial score (nSPS) is 9.89. The number of hydrogen-bond acceptors (Lipinski definition) is 3. The summed E-state index contributed by atoms with van der Waals surface area (Å²) in [5.74, 6) is -0.116. The molecule has 2 aromatic rings. The molecule has 1 heterocycles. The maximum Gasteiger partial charge on any atom is 0.147 e. The molecule has 6 heteroatoms. The van der Waals surface area contributed by atoms with Crippen LogP contribution in [0.4, 0.5) is 15.9 Å². The van der Waals surface area contributed by atoms with E-state index in [1.807, 2.05) is 6.07 Å². The van der Waals surface area contributed by atoms with Gasteiger partial charge in [0.15, 0.2) is 0 Å². The van der Waals surface area contributed by atoms with Gasteiger partial charge in [0.25, 0.3) is 0 Å². The second kappa shape index (κ2) is 5.34. The Bertz CT molecular complexity index is 619. The summed E-state index contributed by atoms with van der Waals surface area (Å²) in [6, 6.07) is 9.48. The van der Waals surface area contributed by atoms with Gasteiger partial charge >= 0.3 is 0 Å². The molecule has 2 rings (SSSR count). The van der Waals surface area contributed by atoms with Crippen LogP contribution in [0.1, 0.15) is 5.56 Å². The molecule has 0 fully saturated rings. The lowest BCUT2D eigenvalue weighted by Crippen LogP contribution is -1.98. The van der Waals surface area contributed by atoms with Crippen LogP contribution in [0, 0.1) is 17.1 Å². The molecule has 0 radical (unpaired) electrons. The highest BCUT2D eigenvalue weighted by molar-refractivity contribution is 9.10. The van der Waals surface area contributed by atoms with Crippen molar-refractivity contribution in [2.45, 2.75) is 0 Å². The van der Waals surface area contributed by atoms with E-state index in [1.54, 1.807) is 12.1 Å². The number of pyridine rings is 1. The highest BCUT2D eigenvalue weighted by Crippen LogP contribution is 2.28. The van der Waals surface area contributed by atoms with Crippen molar-refractivity contribution in [3.63, 3.8) is 0 Å². The van der Waals surface area contributed by atoms with Gasteiger partial charge in [0.05, 0.1) is 17.3 Å². The first-order valence-corrected chi connectivity index (χ1v) is 6.06. The first kappa shape index (κ1) is 12.8. The molecule has 0 aliphatic heterocycles. The molecule has 0 spiro atoms. The Labute approximate surface area is 116 Å². The van der Waals surface area contributed by atoms with Gasteiger partial charge in [-0.25, -0.2) is 9.37 Å². The van der Waals surface area contributed by atoms with Crippen LogP contribution in [0.2, 0.25) is 5.15 Å². The van der Waals surface area contributed by atoms with E-state index >= 15 is 0 Å². The summed E-state index contributed by atoms with van der Waals surface area (Å²) >= 11 is 9.00. The molecule has 1 aromatic carbocycles. The van der Waals surface area contributed by atoms with Crippen molar-refractivity contribution in [3.8, 4) is 6.07 Å². The van der Waals surface area contributed by atoms with Crippen LogP contribution >= 0.6 is 27.5 Å². The molecular weight excluding hydrogens is 321 g/mol. The molecule has 0 unspecified atom stereocenters. The van der Waals surface area contributed by atoms with Crippen LogP contribution in [0.25, 0.3) is 0 Å². The maximum absolute atomic E-state index is 13.6. The van der Waals surface area contributed by atoms with E-state index in [2.05, 4.69) is 26.2 Å². The molecule has 3 nitrogen and oxygen atoms in total. The molecule has 1 aromatic heterocycles. The van der Waals surface area contributed by atoms with Crippen LogP contribution in [0.15, 0.2) is 34.8 Å². The number of nitrogens with zero attached hydrogens (tertiary/aromatic N) is 2. The standard InChI is InChI=1S/C12H6BrClFN3/c13-8-2-1-3-9(15)12(8)18-11-5-7(6-16)4-10(14)17-11/h1-5H,(H,17,18). The Morgan fingerprint density at radius 3 is 2.83 bits per heavy atom. The second-order valence-corrected chi connectivity index (χ2v) is 4.64. The molecule has 0 amide bonds. The van der Waals surface area contributed by atoms with Crippen LogP contribution in [-0.4, -0.2) is 4.98 Å². The van der Waals surface area contributed by atoms with E-state index in [1.165, 1.54) is 18.2 Å². The third-order valence-corrected chi connectivity index (χ3v) is 2.99. The zero-order valence-electron chi connectivity index (χ0n) is 8.92. The van der Waals surface area contributed by atoms with E-state index in [0.717, 1.165) is 0 Å². The number of anilines is 2. The van der Waals surface area contributed by atoms with E-state index in [-0.39, 0.29) is 10.8 Å². The topological polar surface area (TPSA) is 48.7 Å². The predicted octanol–water partition coefficient (Wildman–Crippen LogP) is 4.25. The molecule has 18 heavy (non-hydrogen) atoms.